The van der Waals surface area contributed by atoms with Crippen molar-refractivity contribution in [1.29, 1.82) is 0 Å². The number of hydrogen-bond donors (Lipinski definition) is 0. The molecule has 4 heteroatoms. The number of nitro benzene ring substituents is 1. The van der Waals surface area contributed by atoms with E-state index in [1.807, 2.05) is 30.3 Å². The molecule has 0 aliphatic carbocycles. The second-order valence-electron chi connectivity index (χ2n) is 3.17. The first-order valence-electron chi connectivity index (χ1n) is 4.57. The van der Waals surface area contributed by atoms with Gasteiger partial charge >= 0.3 is 0 Å². The lowest BCUT2D eigenvalue weighted by Gasteiger charge is -1.99. The summed E-state index contributed by atoms with van der Waals surface area (Å²) >= 11 is 0. The standard InChI is InChI=1S/C12H9NO2.H2O/c14-13(15)12-8-6-11(7-9-12)10-4-2-1-3-5-10;/h1-9H;1H2. The lowest BCUT2D eigenvalue weighted by molar-refractivity contribution is -0.384. The predicted molar refractivity (Wildman–Crippen MR) is 62.1 cm³/mol. The van der Waals surface area contributed by atoms with E-state index in [1.54, 1.807) is 12.1 Å². The molecule has 16 heavy (non-hydrogen) atoms. The van der Waals surface area contributed by atoms with Crippen molar-refractivity contribution in [2.75, 3.05) is 0 Å². The lowest BCUT2D eigenvalue weighted by Crippen LogP contribution is -1.86. The van der Waals surface area contributed by atoms with Gasteiger partial charge in [0.15, 0.2) is 0 Å². The summed E-state index contributed by atoms with van der Waals surface area (Å²) < 4.78 is 0. The fourth-order valence-electron chi connectivity index (χ4n) is 1.41. The van der Waals surface area contributed by atoms with Gasteiger partial charge in [-0.3, -0.25) is 10.1 Å². The Kier molecular flexibility index (Phi) is 3.74. The Morgan fingerprint density at radius 1 is 0.812 bits per heavy atom. The quantitative estimate of drug-likeness (QED) is 0.572. The van der Waals surface area contributed by atoms with Crippen molar-refractivity contribution in [3.8, 4) is 11.1 Å². The maximum Gasteiger partial charge on any atom is 0.269 e. The van der Waals surface area contributed by atoms with Crippen LogP contribution in [-0.4, -0.2) is 10.4 Å². The molecule has 0 heterocycles. The van der Waals surface area contributed by atoms with E-state index in [-0.39, 0.29) is 11.2 Å². The van der Waals surface area contributed by atoms with E-state index in [2.05, 4.69) is 0 Å². The fourth-order valence-corrected chi connectivity index (χ4v) is 1.41. The molecule has 2 aromatic rings. The summed E-state index contributed by atoms with van der Waals surface area (Å²) in [5, 5.41) is 10.5. The van der Waals surface area contributed by atoms with Gasteiger partial charge in [0.05, 0.1) is 4.92 Å². The molecule has 2 N–H and O–H groups in total. The number of nitrogens with zero attached hydrogens (tertiary/aromatic N) is 1. The topological polar surface area (TPSA) is 74.6 Å². The molecule has 0 radical (unpaired) electrons. The number of hydrogen-bond acceptors (Lipinski definition) is 2. The number of non-ortho nitro benzene ring substituents is 1. The Morgan fingerprint density at radius 3 is 1.81 bits per heavy atom. The van der Waals surface area contributed by atoms with Gasteiger partial charge in [0.1, 0.15) is 0 Å². The van der Waals surface area contributed by atoms with Gasteiger partial charge in [-0.15, -0.1) is 0 Å². The molecule has 0 saturated carbocycles. The highest BCUT2D eigenvalue weighted by Gasteiger charge is 2.04. The van der Waals surface area contributed by atoms with Crippen molar-refractivity contribution in [3.63, 3.8) is 0 Å². The lowest BCUT2D eigenvalue weighted by atomic mass is 10.1. The van der Waals surface area contributed by atoms with Crippen LogP contribution in [0.3, 0.4) is 0 Å². The highest BCUT2D eigenvalue weighted by molar-refractivity contribution is 5.64. The maximum atomic E-state index is 10.5. The van der Waals surface area contributed by atoms with Gasteiger partial charge in [-0.25, -0.2) is 0 Å². The van der Waals surface area contributed by atoms with Gasteiger partial charge in [0, 0.05) is 12.1 Å². The molecule has 2 aromatic carbocycles. The van der Waals surface area contributed by atoms with Crippen molar-refractivity contribution in [3.05, 3.63) is 64.7 Å². The highest BCUT2D eigenvalue weighted by Crippen LogP contribution is 2.21. The van der Waals surface area contributed by atoms with Crippen LogP contribution >= 0.6 is 0 Å². The van der Waals surface area contributed by atoms with Crippen LogP contribution in [0, 0.1) is 10.1 Å². The minimum Gasteiger partial charge on any atom is -0.412 e. The summed E-state index contributed by atoms with van der Waals surface area (Å²) in [4.78, 5) is 10.1. The highest BCUT2D eigenvalue weighted by atomic mass is 16.6. The van der Waals surface area contributed by atoms with Crippen LogP contribution in [0.4, 0.5) is 5.69 Å². The number of benzene rings is 2. The summed E-state index contributed by atoms with van der Waals surface area (Å²) in [6, 6.07) is 16.3. The average Bonchev–Trinajstić information content (AvgIpc) is 2.30. The molecule has 0 aromatic heterocycles. The number of nitro groups is 1. The third-order valence-electron chi connectivity index (χ3n) is 2.19. The molecule has 2 rings (SSSR count). The molecule has 0 aliphatic heterocycles. The summed E-state index contributed by atoms with van der Waals surface area (Å²) in [5.41, 5.74) is 2.17. The summed E-state index contributed by atoms with van der Waals surface area (Å²) in [7, 11) is 0. The largest absolute Gasteiger partial charge is 0.412 e. The Morgan fingerprint density at radius 2 is 1.31 bits per heavy atom. The Hall–Kier alpha value is -2.20. The zero-order chi connectivity index (χ0) is 10.7. The van der Waals surface area contributed by atoms with Crippen LogP contribution in [0.5, 0.6) is 0 Å². The van der Waals surface area contributed by atoms with Crippen LogP contribution < -0.4 is 0 Å². The van der Waals surface area contributed by atoms with Crippen LogP contribution in [-0.2, 0) is 0 Å². The zero-order valence-electron chi connectivity index (χ0n) is 8.46. The summed E-state index contributed by atoms with van der Waals surface area (Å²) in [5.74, 6) is 0. The van der Waals surface area contributed by atoms with E-state index in [0.717, 1.165) is 11.1 Å². The first kappa shape index (κ1) is 11.9. The molecular formula is C12H11NO3. The molecule has 0 unspecified atom stereocenters. The molecule has 0 atom stereocenters. The zero-order valence-corrected chi connectivity index (χ0v) is 8.46. The smallest absolute Gasteiger partial charge is 0.269 e. The minimum absolute atomic E-state index is 0. The predicted octanol–water partition coefficient (Wildman–Crippen LogP) is 2.44. The van der Waals surface area contributed by atoms with Crippen LogP contribution in [0.1, 0.15) is 0 Å². The van der Waals surface area contributed by atoms with E-state index in [9.17, 15) is 10.1 Å². The molecular weight excluding hydrogens is 206 g/mol. The van der Waals surface area contributed by atoms with Crippen LogP contribution in [0.25, 0.3) is 11.1 Å². The maximum absolute atomic E-state index is 10.5. The summed E-state index contributed by atoms with van der Waals surface area (Å²) in [6.07, 6.45) is 0. The third kappa shape index (κ3) is 2.43. The fraction of sp³-hybridized carbons (Fsp3) is 0. The first-order valence-corrected chi connectivity index (χ1v) is 4.57. The molecule has 0 amide bonds. The molecule has 4 nitrogen and oxygen atoms in total. The van der Waals surface area contributed by atoms with Gasteiger partial charge in [-0.1, -0.05) is 30.3 Å². The number of rotatable bonds is 2. The van der Waals surface area contributed by atoms with Gasteiger partial charge in [-0.2, -0.15) is 0 Å². The van der Waals surface area contributed by atoms with E-state index >= 15 is 0 Å². The minimum atomic E-state index is -0.394. The van der Waals surface area contributed by atoms with Gasteiger partial charge < -0.3 is 5.48 Å². The van der Waals surface area contributed by atoms with Crippen molar-refractivity contribution in [2.24, 2.45) is 0 Å². The van der Waals surface area contributed by atoms with Crippen molar-refractivity contribution in [2.45, 2.75) is 0 Å². The molecule has 82 valence electrons. The van der Waals surface area contributed by atoms with Gasteiger partial charge in [0.2, 0.25) is 0 Å². The molecule has 0 spiro atoms. The Bertz CT molecular complexity index is 465. The van der Waals surface area contributed by atoms with Crippen LogP contribution in [0.2, 0.25) is 0 Å². The van der Waals surface area contributed by atoms with E-state index in [1.165, 1.54) is 12.1 Å². The Balaban J connectivity index is 0.00000128. The van der Waals surface area contributed by atoms with Gasteiger partial charge in [-0.05, 0) is 23.3 Å². The second-order valence-corrected chi connectivity index (χ2v) is 3.17. The average molecular weight is 217 g/mol. The SMILES string of the molecule is O.O=[N+]([O-])c1ccc(-c2ccccc2)cc1. The third-order valence-corrected chi connectivity index (χ3v) is 2.19. The van der Waals surface area contributed by atoms with E-state index in [4.69, 9.17) is 0 Å². The van der Waals surface area contributed by atoms with Crippen molar-refractivity contribution in [1.82, 2.24) is 0 Å². The molecule has 0 aliphatic rings. The van der Waals surface area contributed by atoms with Gasteiger partial charge in [0.25, 0.3) is 5.69 Å². The van der Waals surface area contributed by atoms with Crippen LogP contribution in [0.15, 0.2) is 54.6 Å². The van der Waals surface area contributed by atoms with E-state index < -0.39 is 4.92 Å². The monoisotopic (exact) mass is 217 g/mol. The van der Waals surface area contributed by atoms with Crippen molar-refractivity contribution < 1.29 is 10.4 Å². The molecule has 0 fully saturated rings. The second kappa shape index (κ2) is 5.04. The summed E-state index contributed by atoms with van der Waals surface area (Å²) in [6.45, 7) is 0. The Labute approximate surface area is 92.6 Å². The normalized spacial score (nSPS) is 9.25. The molecule has 0 bridgehead atoms. The first-order chi connectivity index (χ1) is 7.27. The molecule has 0 saturated heterocycles. The van der Waals surface area contributed by atoms with E-state index in [0.29, 0.717) is 0 Å². The van der Waals surface area contributed by atoms with Crippen molar-refractivity contribution >= 4 is 5.69 Å².